The number of alkyl halides is 3. The van der Waals surface area contributed by atoms with Crippen LogP contribution in [0.3, 0.4) is 0 Å². The van der Waals surface area contributed by atoms with Gasteiger partial charge in [-0.3, -0.25) is 4.79 Å². The van der Waals surface area contributed by atoms with Crippen LogP contribution < -0.4 is 5.32 Å². The highest BCUT2D eigenvalue weighted by Gasteiger charge is 2.27. The maximum Gasteiger partial charge on any atom is 0.389 e. The largest absolute Gasteiger partial charge is 0.462 e. The first-order chi connectivity index (χ1) is 11.1. The molecule has 1 aliphatic heterocycles. The molecule has 24 heavy (non-hydrogen) atoms. The number of hydrogen-bond donors (Lipinski definition) is 2. The third-order valence-electron chi connectivity index (χ3n) is 3.45. The number of H-pyrrole nitrogens is 1. The van der Waals surface area contributed by atoms with E-state index in [1.807, 2.05) is 20.8 Å². The quantitative estimate of drug-likeness (QED) is 0.818. The van der Waals surface area contributed by atoms with Crippen molar-refractivity contribution in [3.8, 4) is 0 Å². The number of aromatic nitrogens is 2. The summed E-state index contributed by atoms with van der Waals surface area (Å²) in [5.74, 6) is 1.19. The Morgan fingerprint density at radius 2 is 1.92 bits per heavy atom. The second-order valence-electron chi connectivity index (χ2n) is 6.76. The van der Waals surface area contributed by atoms with Gasteiger partial charge in [0.1, 0.15) is 11.4 Å². The fourth-order valence-corrected chi connectivity index (χ4v) is 2.23. The molecule has 0 unspecified atom stereocenters. The monoisotopic (exact) mass is 349 g/mol. The summed E-state index contributed by atoms with van der Waals surface area (Å²) < 4.78 is 40.7. The maximum atomic E-state index is 12.1. The van der Waals surface area contributed by atoms with Crippen LogP contribution in [-0.4, -0.2) is 41.3 Å². The highest BCUT2D eigenvalue weighted by molar-refractivity contribution is 5.37. The summed E-state index contributed by atoms with van der Waals surface area (Å²) in [6, 6.07) is 0. The Morgan fingerprint density at radius 3 is 2.38 bits per heavy atom. The summed E-state index contributed by atoms with van der Waals surface area (Å²) in [6.45, 7) is 7.82. The van der Waals surface area contributed by atoms with E-state index in [0.29, 0.717) is 18.1 Å². The number of aryl methyl sites for hydroxylation is 1. The number of aromatic amines is 1. The van der Waals surface area contributed by atoms with Gasteiger partial charge in [-0.15, -0.1) is 0 Å². The molecule has 1 fully saturated rings. The molecule has 2 N–H and O–H groups in total. The molecule has 0 spiro atoms. The Kier molecular flexibility index (Phi) is 7.72. The average Bonchev–Trinajstić information content (AvgIpc) is 2.94. The Hall–Kier alpha value is -1.57. The zero-order valence-corrected chi connectivity index (χ0v) is 14.4. The first kappa shape index (κ1) is 20.5. The lowest BCUT2D eigenvalue weighted by atomic mass is 9.98. The molecule has 0 saturated carbocycles. The van der Waals surface area contributed by atoms with E-state index >= 15 is 0 Å². The smallest absolute Gasteiger partial charge is 0.389 e. The standard InChI is InChI=1S/C11H16F3N3.C5H10O2/c12-11(13,14)4-1-9-7-16-10(17-9)8-2-5-15-6-3-8;1-5(2,3)7-4-6/h7-8,15H,1-6H2,(H,16,17);4H,1-3H3. The molecule has 8 heteroatoms. The lowest BCUT2D eigenvalue weighted by molar-refractivity contribution is -0.138. The first-order valence-corrected chi connectivity index (χ1v) is 8.03. The van der Waals surface area contributed by atoms with Crippen LogP contribution in [0, 0.1) is 0 Å². The van der Waals surface area contributed by atoms with Crippen molar-refractivity contribution in [3.63, 3.8) is 0 Å². The molecule has 2 rings (SSSR count). The molecule has 0 amide bonds. The predicted octanol–water partition coefficient (Wildman–Crippen LogP) is 3.33. The van der Waals surface area contributed by atoms with Gasteiger partial charge in [0.15, 0.2) is 0 Å². The van der Waals surface area contributed by atoms with Gasteiger partial charge in [0, 0.05) is 24.2 Å². The Balaban J connectivity index is 0.000000351. The Morgan fingerprint density at radius 1 is 1.29 bits per heavy atom. The number of nitrogens with zero attached hydrogens (tertiary/aromatic N) is 1. The molecule has 0 radical (unpaired) electrons. The van der Waals surface area contributed by atoms with Crippen LogP contribution in [0.25, 0.3) is 0 Å². The molecule has 0 bridgehead atoms. The van der Waals surface area contributed by atoms with Crippen LogP contribution in [0.15, 0.2) is 6.20 Å². The number of piperidine rings is 1. The molecular weight excluding hydrogens is 323 g/mol. The summed E-state index contributed by atoms with van der Waals surface area (Å²) in [4.78, 5) is 16.8. The Bertz CT molecular complexity index is 489. The van der Waals surface area contributed by atoms with Gasteiger partial charge in [0.05, 0.1) is 0 Å². The molecule has 0 aliphatic carbocycles. The second kappa shape index (κ2) is 9.05. The number of hydrogen-bond acceptors (Lipinski definition) is 4. The van der Waals surface area contributed by atoms with Crippen molar-refractivity contribution in [2.24, 2.45) is 0 Å². The molecule has 1 aromatic rings. The van der Waals surface area contributed by atoms with Gasteiger partial charge in [-0.1, -0.05) is 0 Å². The third-order valence-corrected chi connectivity index (χ3v) is 3.45. The average molecular weight is 349 g/mol. The van der Waals surface area contributed by atoms with Crippen molar-refractivity contribution < 1.29 is 22.7 Å². The number of imidazole rings is 1. The second-order valence-corrected chi connectivity index (χ2v) is 6.76. The van der Waals surface area contributed by atoms with Gasteiger partial charge in [0.2, 0.25) is 0 Å². The molecule has 1 aromatic heterocycles. The van der Waals surface area contributed by atoms with Gasteiger partial charge in [-0.2, -0.15) is 13.2 Å². The van der Waals surface area contributed by atoms with E-state index in [4.69, 9.17) is 0 Å². The summed E-state index contributed by atoms with van der Waals surface area (Å²) in [6.07, 6.45) is -1.39. The minimum atomic E-state index is -4.10. The van der Waals surface area contributed by atoms with E-state index < -0.39 is 12.6 Å². The van der Waals surface area contributed by atoms with Crippen molar-refractivity contribution in [1.82, 2.24) is 15.3 Å². The van der Waals surface area contributed by atoms with Crippen LogP contribution in [-0.2, 0) is 16.0 Å². The fourth-order valence-electron chi connectivity index (χ4n) is 2.23. The van der Waals surface area contributed by atoms with Crippen molar-refractivity contribution in [3.05, 3.63) is 17.7 Å². The van der Waals surface area contributed by atoms with E-state index in [9.17, 15) is 18.0 Å². The lowest BCUT2D eigenvalue weighted by Crippen LogP contribution is -2.27. The molecule has 5 nitrogen and oxygen atoms in total. The highest BCUT2D eigenvalue weighted by Crippen LogP contribution is 2.24. The van der Waals surface area contributed by atoms with E-state index in [-0.39, 0.29) is 12.0 Å². The Labute approximate surface area is 140 Å². The van der Waals surface area contributed by atoms with Gasteiger partial charge >= 0.3 is 6.18 Å². The van der Waals surface area contributed by atoms with E-state index in [1.54, 1.807) is 0 Å². The lowest BCUT2D eigenvalue weighted by Gasteiger charge is -2.20. The van der Waals surface area contributed by atoms with Crippen LogP contribution >= 0.6 is 0 Å². The van der Waals surface area contributed by atoms with E-state index in [1.165, 1.54) is 6.20 Å². The zero-order chi connectivity index (χ0) is 18.2. The number of halogens is 3. The molecule has 2 heterocycles. The zero-order valence-electron chi connectivity index (χ0n) is 14.4. The SMILES string of the molecule is CC(C)(C)OC=O.FC(F)(F)CCc1cnc(C2CCNCC2)[nH]1. The van der Waals surface area contributed by atoms with Crippen molar-refractivity contribution in [1.29, 1.82) is 0 Å². The predicted molar refractivity (Wildman–Crippen MR) is 84.7 cm³/mol. The molecular formula is C16H26F3N3O2. The van der Waals surface area contributed by atoms with Crippen molar-refractivity contribution >= 4 is 6.47 Å². The molecule has 0 aromatic carbocycles. The van der Waals surface area contributed by atoms with Crippen LogP contribution in [0.5, 0.6) is 0 Å². The summed E-state index contributed by atoms with van der Waals surface area (Å²) in [5.41, 5.74) is 0.262. The van der Waals surface area contributed by atoms with Gasteiger partial charge in [-0.05, 0) is 53.1 Å². The summed E-state index contributed by atoms with van der Waals surface area (Å²) in [5, 5.41) is 3.25. The normalized spacial score (nSPS) is 16.2. The molecule has 1 saturated heterocycles. The third kappa shape index (κ3) is 8.90. The van der Waals surface area contributed by atoms with Crippen LogP contribution in [0.2, 0.25) is 0 Å². The topological polar surface area (TPSA) is 67.0 Å². The van der Waals surface area contributed by atoms with E-state index in [2.05, 4.69) is 20.0 Å². The molecule has 0 atom stereocenters. The minimum Gasteiger partial charge on any atom is -0.462 e. The summed E-state index contributed by atoms with van der Waals surface area (Å²) >= 11 is 0. The molecule has 1 aliphatic rings. The number of carbonyl (C=O) groups is 1. The maximum absolute atomic E-state index is 12.1. The highest BCUT2D eigenvalue weighted by atomic mass is 19.4. The minimum absolute atomic E-state index is 0.0124. The number of ether oxygens (including phenoxy) is 1. The summed E-state index contributed by atoms with van der Waals surface area (Å²) in [7, 11) is 0. The van der Waals surface area contributed by atoms with E-state index in [0.717, 1.165) is 31.8 Å². The number of rotatable bonds is 4. The molecule has 138 valence electrons. The van der Waals surface area contributed by atoms with Gasteiger partial charge in [-0.25, -0.2) is 4.98 Å². The first-order valence-electron chi connectivity index (χ1n) is 8.03. The fraction of sp³-hybridized carbons (Fsp3) is 0.750. The van der Waals surface area contributed by atoms with Gasteiger partial charge < -0.3 is 15.0 Å². The van der Waals surface area contributed by atoms with Crippen molar-refractivity contribution in [2.75, 3.05) is 13.1 Å². The number of nitrogens with one attached hydrogen (secondary N) is 2. The van der Waals surface area contributed by atoms with Gasteiger partial charge in [0.25, 0.3) is 6.47 Å². The van der Waals surface area contributed by atoms with Crippen LogP contribution in [0.1, 0.15) is 57.5 Å². The van der Waals surface area contributed by atoms with Crippen LogP contribution in [0.4, 0.5) is 13.2 Å². The number of carbonyl (C=O) groups excluding carboxylic acids is 1. The van der Waals surface area contributed by atoms with Crippen molar-refractivity contribution in [2.45, 2.75) is 64.1 Å².